The summed E-state index contributed by atoms with van der Waals surface area (Å²) in [6.45, 7) is 1.49. The zero-order valence-electron chi connectivity index (χ0n) is 10.1. The minimum absolute atomic E-state index is 0.175. The number of aliphatic carboxylic acids is 1. The number of benzene rings is 1. The van der Waals surface area contributed by atoms with E-state index in [0.29, 0.717) is 11.4 Å². The van der Waals surface area contributed by atoms with Crippen molar-refractivity contribution in [1.29, 1.82) is 0 Å². The molecule has 0 saturated heterocycles. The molecule has 1 aliphatic heterocycles. The number of nitrogens with zero attached hydrogens (tertiary/aromatic N) is 1. The van der Waals surface area contributed by atoms with E-state index in [1.807, 2.05) is 0 Å². The number of carboxylic acids is 1. The summed E-state index contributed by atoms with van der Waals surface area (Å²) in [7, 11) is 0. The van der Waals surface area contributed by atoms with Gasteiger partial charge in [-0.1, -0.05) is 0 Å². The molecular formula is C12H12N2O5. The SMILES string of the molecule is CC1Oc2ccc(N)cc2N(C(=O)CC(=O)O)C1=O. The number of ether oxygens (including phenoxy) is 1. The summed E-state index contributed by atoms with van der Waals surface area (Å²) >= 11 is 0. The number of imide groups is 1. The van der Waals surface area contributed by atoms with Gasteiger partial charge in [0.2, 0.25) is 5.91 Å². The number of nitrogens with two attached hydrogens (primary N) is 1. The highest BCUT2D eigenvalue weighted by molar-refractivity contribution is 6.21. The molecule has 0 fully saturated rings. The second-order valence-electron chi connectivity index (χ2n) is 4.13. The molecule has 1 aromatic carbocycles. The first kappa shape index (κ1) is 12.9. The number of hydrogen-bond donors (Lipinski definition) is 2. The fourth-order valence-corrected chi connectivity index (χ4v) is 1.82. The van der Waals surface area contributed by atoms with Gasteiger partial charge in [0.15, 0.2) is 6.10 Å². The molecule has 1 unspecified atom stereocenters. The van der Waals surface area contributed by atoms with Crippen molar-refractivity contribution < 1.29 is 24.2 Å². The lowest BCUT2D eigenvalue weighted by Gasteiger charge is -2.31. The molecule has 1 atom stereocenters. The van der Waals surface area contributed by atoms with Crippen LogP contribution in [-0.2, 0) is 14.4 Å². The summed E-state index contributed by atoms with van der Waals surface area (Å²) in [4.78, 5) is 35.3. The van der Waals surface area contributed by atoms with Crippen molar-refractivity contribution in [2.75, 3.05) is 10.6 Å². The van der Waals surface area contributed by atoms with Gasteiger partial charge in [0.1, 0.15) is 12.2 Å². The molecule has 100 valence electrons. The Morgan fingerprint density at radius 1 is 1.47 bits per heavy atom. The average molecular weight is 264 g/mol. The van der Waals surface area contributed by atoms with Crippen molar-refractivity contribution in [3.63, 3.8) is 0 Å². The molecule has 2 amide bonds. The third-order valence-corrected chi connectivity index (χ3v) is 2.65. The molecule has 0 saturated carbocycles. The normalized spacial score (nSPS) is 17.6. The Hall–Kier alpha value is -2.57. The van der Waals surface area contributed by atoms with Crippen LogP contribution in [0.2, 0.25) is 0 Å². The first-order valence-corrected chi connectivity index (χ1v) is 5.55. The molecule has 0 aliphatic carbocycles. The van der Waals surface area contributed by atoms with Crippen molar-refractivity contribution >= 4 is 29.2 Å². The van der Waals surface area contributed by atoms with Gasteiger partial charge in [-0.3, -0.25) is 14.4 Å². The molecule has 0 bridgehead atoms. The van der Waals surface area contributed by atoms with E-state index in [1.165, 1.54) is 19.1 Å². The third-order valence-electron chi connectivity index (χ3n) is 2.65. The van der Waals surface area contributed by atoms with Crippen LogP contribution in [0.1, 0.15) is 13.3 Å². The number of fused-ring (bicyclic) bond motifs is 1. The third kappa shape index (κ3) is 2.35. The standard InChI is InChI=1S/C12H12N2O5/c1-6-12(18)14(10(15)5-11(16)17)8-4-7(13)2-3-9(8)19-6/h2-4,6H,5,13H2,1H3,(H,16,17). The van der Waals surface area contributed by atoms with E-state index in [4.69, 9.17) is 15.6 Å². The molecule has 3 N–H and O–H groups in total. The van der Waals surface area contributed by atoms with Gasteiger partial charge in [-0.2, -0.15) is 0 Å². The molecule has 7 nitrogen and oxygen atoms in total. The summed E-state index contributed by atoms with van der Waals surface area (Å²) < 4.78 is 5.34. The summed E-state index contributed by atoms with van der Waals surface area (Å²) in [6, 6.07) is 4.51. The van der Waals surface area contributed by atoms with Crippen molar-refractivity contribution in [3.8, 4) is 5.75 Å². The lowest BCUT2D eigenvalue weighted by Crippen LogP contribution is -2.48. The smallest absolute Gasteiger partial charge is 0.312 e. The van der Waals surface area contributed by atoms with E-state index in [0.717, 1.165) is 4.90 Å². The number of carbonyl (C=O) groups excluding carboxylic acids is 2. The van der Waals surface area contributed by atoms with Gasteiger partial charge in [-0.15, -0.1) is 0 Å². The number of carbonyl (C=O) groups is 3. The summed E-state index contributed by atoms with van der Waals surface area (Å²) in [5.74, 6) is -2.41. The summed E-state index contributed by atoms with van der Waals surface area (Å²) in [5.41, 5.74) is 6.12. The molecule has 2 rings (SSSR count). The van der Waals surface area contributed by atoms with E-state index in [2.05, 4.69) is 0 Å². The van der Waals surface area contributed by atoms with E-state index < -0.39 is 30.3 Å². The molecular weight excluding hydrogens is 252 g/mol. The molecule has 7 heteroatoms. The van der Waals surface area contributed by atoms with Gasteiger partial charge < -0.3 is 15.6 Å². The Balaban J connectivity index is 2.46. The topological polar surface area (TPSA) is 110 Å². The van der Waals surface area contributed by atoms with Gasteiger partial charge in [0.25, 0.3) is 5.91 Å². The van der Waals surface area contributed by atoms with Gasteiger partial charge >= 0.3 is 5.97 Å². The van der Waals surface area contributed by atoms with Gasteiger partial charge in [-0.05, 0) is 25.1 Å². The molecule has 0 aromatic heterocycles. The summed E-state index contributed by atoms with van der Waals surface area (Å²) in [6.07, 6.45) is -1.62. The summed E-state index contributed by atoms with van der Waals surface area (Å²) in [5, 5.41) is 8.65. The van der Waals surface area contributed by atoms with E-state index >= 15 is 0 Å². The first-order valence-electron chi connectivity index (χ1n) is 5.55. The molecule has 1 heterocycles. The minimum Gasteiger partial charge on any atom is -0.481 e. The lowest BCUT2D eigenvalue weighted by atomic mass is 10.1. The predicted molar refractivity (Wildman–Crippen MR) is 65.7 cm³/mol. The maximum Gasteiger partial charge on any atom is 0.312 e. The van der Waals surface area contributed by atoms with Crippen molar-refractivity contribution in [2.24, 2.45) is 0 Å². The minimum atomic E-state index is -1.30. The van der Waals surface area contributed by atoms with Crippen LogP contribution < -0.4 is 15.4 Å². The van der Waals surface area contributed by atoms with Gasteiger partial charge in [-0.25, -0.2) is 4.90 Å². The van der Waals surface area contributed by atoms with E-state index in [1.54, 1.807) is 6.07 Å². The van der Waals surface area contributed by atoms with Crippen LogP contribution in [0, 0.1) is 0 Å². The molecule has 1 aliphatic rings. The predicted octanol–water partition coefficient (Wildman–Crippen LogP) is 0.384. The van der Waals surface area contributed by atoms with Crippen LogP contribution in [0.5, 0.6) is 5.75 Å². The quantitative estimate of drug-likeness (QED) is 0.590. The largest absolute Gasteiger partial charge is 0.481 e. The fourth-order valence-electron chi connectivity index (χ4n) is 1.82. The Kier molecular flexibility index (Phi) is 3.12. The van der Waals surface area contributed by atoms with Crippen LogP contribution in [0.25, 0.3) is 0 Å². The number of hydrogen-bond acceptors (Lipinski definition) is 5. The maximum absolute atomic E-state index is 12.0. The van der Waals surface area contributed by atoms with Crippen LogP contribution in [0.3, 0.4) is 0 Å². The number of amides is 2. The molecule has 19 heavy (non-hydrogen) atoms. The monoisotopic (exact) mass is 264 g/mol. The highest BCUT2D eigenvalue weighted by Crippen LogP contribution is 2.35. The zero-order valence-corrected chi connectivity index (χ0v) is 10.1. The highest BCUT2D eigenvalue weighted by atomic mass is 16.5. The zero-order chi connectivity index (χ0) is 14.2. The molecule has 0 spiro atoms. The Labute approximate surface area is 108 Å². The van der Waals surface area contributed by atoms with Crippen molar-refractivity contribution in [3.05, 3.63) is 18.2 Å². The van der Waals surface area contributed by atoms with E-state index in [9.17, 15) is 14.4 Å². The Morgan fingerprint density at radius 2 is 2.16 bits per heavy atom. The Morgan fingerprint density at radius 3 is 2.79 bits per heavy atom. The number of nitrogen functional groups attached to an aromatic ring is 1. The number of anilines is 2. The second kappa shape index (κ2) is 4.60. The average Bonchev–Trinajstić information content (AvgIpc) is 2.30. The fraction of sp³-hybridized carbons (Fsp3) is 0.250. The lowest BCUT2D eigenvalue weighted by molar-refractivity contribution is -0.141. The second-order valence-corrected chi connectivity index (χ2v) is 4.13. The van der Waals surface area contributed by atoms with E-state index in [-0.39, 0.29) is 5.69 Å². The van der Waals surface area contributed by atoms with Crippen LogP contribution in [0.4, 0.5) is 11.4 Å². The first-order chi connectivity index (χ1) is 8.90. The van der Waals surface area contributed by atoms with Gasteiger partial charge in [0, 0.05) is 5.69 Å². The number of carboxylic acid groups (broad SMARTS) is 1. The highest BCUT2D eigenvalue weighted by Gasteiger charge is 2.36. The van der Waals surface area contributed by atoms with Crippen molar-refractivity contribution in [1.82, 2.24) is 0 Å². The maximum atomic E-state index is 12.0. The molecule has 0 radical (unpaired) electrons. The molecule has 1 aromatic rings. The van der Waals surface area contributed by atoms with Crippen LogP contribution in [-0.4, -0.2) is 29.0 Å². The van der Waals surface area contributed by atoms with Crippen LogP contribution >= 0.6 is 0 Å². The number of rotatable bonds is 2. The van der Waals surface area contributed by atoms with Crippen LogP contribution in [0.15, 0.2) is 18.2 Å². The van der Waals surface area contributed by atoms with Crippen molar-refractivity contribution in [2.45, 2.75) is 19.4 Å². The Bertz CT molecular complexity index is 569. The van der Waals surface area contributed by atoms with Gasteiger partial charge in [0.05, 0.1) is 5.69 Å².